The fourth-order valence-electron chi connectivity index (χ4n) is 1.92. The first kappa shape index (κ1) is 7.97. The number of anilines is 1. The predicted molar refractivity (Wildman–Crippen MR) is 53.8 cm³/mol. The van der Waals surface area contributed by atoms with E-state index in [1.54, 1.807) is 0 Å². The highest BCUT2D eigenvalue weighted by atomic mass is 16.7. The maximum atomic E-state index is 5.81. The third kappa shape index (κ3) is 0.983. The van der Waals surface area contributed by atoms with Gasteiger partial charge in [-0.05, 0) is 18.6 Å². The predicted octanol–water partition coefficient (Wildman–Crippen LogP) is 2.38. The van der Waals surface area contributed by atoms with Gasteiger partial charge in [0.05, 0.1) is 0 Å². The summed E-state index contributed by atoms with van der Waals surface area (Å²) in [4.78, 5) is 0. The molecule has 0 saturated heterocycles. The Bertz CT molecular complexity index is 372. The first-order chi connectivity index (χ1) is 6.81. The fourth-order valence-corrected chi connectivity index (χ4v) is 1.92. The number of benzene rings is 1. The van der Waals surface area contributed by atoms with Crippen molar-refractivity contribution in [3.05, 3.63) is 18.2 Å². The third-order valence-electron chi connectivity index (χ3n) is 2.94. The van der Waals surface area contributed by atoms with Crippen LogP contribution in [0.2, 0.25) is 0 Å². The Morgan fingerprint density at radius 1 is 1.21 bits per heavy atom. The number of hydrogen-bond acceptors (Lipinski definition) is 3. The van der Waals surface area contributed by atoms with Crippen LogP contribution < -0.4 is 14.8 Å². The van der Waals surface area contributed by atoms with Gasteiger partial charge in [-0.15, -0.1) is 0 Å². The molecule has 3 nitrogen and oxygen atoms in total. The Labute approximate surface area is 83.0 Å². The lowest BCUT2D eigenvalue weighted by Crippen LogP contribution is -2.45. The highest BCUT2D eigenvalue weighted by molar-refractivity contribution is 5.56. The lowest BCUT2D eigenvalue weighted by atomic mass is 9.91. The van der Waals surface area contributed by atoms with Gasteiger partial charge >= 0.3 is 0 Å². The second-order valence-electron chi connectivity index (χ2n) is 3.88. The van der Waals surface area contributed by atoms with Gasteiger partial charge in [-0.2, -0.15) is 0 Å². The van der Waals surface area contributed by atoms with Crippen molar-refractivity contribution in [1.29, 1.82) is 0 Å². The SMILES string of the molecule is CNc1ccc2c(c1)OC1(CCC1)O2. The first-order valence-electron chi connectivity index (χ1n) is 5.01. The van der Waals surface area contributed by atoms with Crippen LogP contribution in [0.3, 0.4) is 0 Å². The summed E-state index contributed by atoms with van der Waals surface area (Å²) in [7, 11) is 1.90. The minimum Gasteiger partial charge on any atom is -0.448 e. The zero-order valence-electron chi connectivity index (χ0n) is 8.17. The second-order valence-corrected chi connectivity index (χ2v) is 3.88. The summed E-state index contributed by atoms with van der Waals surface area (Å²) in [5, 5.41) is 3.08. The van der Waals surface area contributed by atoms with Crippen LogP contribution in [0.25, 0.3) is 0 Å². The maximum absolute atomic E-state index is 5.81. The van der Waals surface area contributed by atoms with Crippen LogP contribution in [0.15, 0.2) is 18.2 Å². The Morgan fingerprint density at radius 2 is 2.00 bits per heavy atom. The minimum absolute atomic E-state index is 0.311. The first-order valence-corrected chi connectivity index (χ1v) is 5.01. The smallest absolute Gasteiger partial charge is 0.251 e. The topological polar surface area (TPSA) is 30.5 Å². The molecule has 0 radical (unpaired) electrons. The molecule has 1 aliphatic heterocycles. The lowest BCUT2D eigenvalue weighted by molar-refractivity contribution is -0.138. The van der Waals surface area contributed by atoms with E-state index >= 15 is 0 Å². The molecule has 14 heavy (non-hydrogen) atoms. The molecule has 0 atom stereocenters. The van der Waals surface area contributed by atoms with E-state index in [1.807, 2.05) is 25.2 Å². The van der Waals surface area contributed by atoms with Gasteiger partial charge in [0, 0.05) is 31.6 Å². The summed E-state index contributed by atoms with van der Waals surface area (Å²) in [6.45, 7) is 0. The monoisotopic (exact) mass is 191 g/mol. The van der Waals surface area contributed by atoms with Crippen molar-refractivity contribution in [2.75, 3.05) is 12.4 Å². The van der Waals surface area contributed by atoms with Gasteiger partial charge in [0.2, 0.25) is 0 Å². The van der Waals surface area contributed by atoms with Crippen LogP contribution >= 0.6 is 0 Å². The largest absolute Gasteiger partial charge is 0.448 e. The van der Waals surface area contributed by atoms with Gasteiger partial charge in [0.1, 0.15) is 0 Å². The van der Waals surface area contributed by atoms with E-state index < -0.39 is 0 Å². The van der Waals surface area contributed by atoms with Crippen LogP contribution in [-0.4, -0.2) is 12.8 Å². The molecule has 0 amide bonds. The van der Waals surface area contributed by atoms with Gasteiger partial charge in [0.15, 0.2) is 11.5 Å². The van der Waals surface area contributed by atoms with Gasteiger partial charge in [-0.25, -0.2) is 0 Å². The summed E-state index contributed by atoms with van der Waals surface area (Å²) >= 11 is 0. The summed E-state index contributed by atoms with van der Waals surface area (Å²) in [5.74, 6) is 1.44. The van der Waals surface area contributed by atoms with Crippen molar-refractivity contribution in [3.8, 4) is 11.5 Å². The average molecular weight is 191 g/mol. The van der Waals surface area contributed by atoms with Crippen LogP contribution in [0.4, 0.5) is 5.69 Å². The van der Waals surface area contributed by atoms with E-state index in [1.165, 1.54) is 6.42 Å². The van der Waals surface area contributed by atoms with E-state index in [0.29, 0.717) is 0 Å². The van der Waals surface area contributed by atoms with E-state index in [4.69, 9.17) is 9.47 Å². The highest BCUT2D eigenvalue weighted by Crippen LogP contribution is 2.48. The van der Waals surface area contributed by atoms with Crippen molar-refractivity contribution in [2.24, 2.45) is 0 Å². The number of nitrogens with one attached hydrogen (secondary N) is 1. The molecule has 0 bridgehead atoms. The molecule has 1 N–H and O–H groups in total. The number of ether oxygens (including phenoxy) is 2. The van der Waals surface area contributed by atoms with Crippen molar-refractivity contribution in [3.63, 3.8) is 0 Å². The number of hydrogen-bond donors (Lipinski definition) is 1. The van der Waals surface area contributed by atoms with Crippen LogP contribution in [-0.2, 0) is 0 Å². The van der Waals surface area contributed by atoms with E-state index in [9.17, 15) is 0 Å². The van der Waals surface area contributed by atoms with Crippen LogP contribution in [0, 0.1) is 0 Å². The standard InChI is InChI=1S/C11H13NO2/c1-12-8-3-4-9-10(7-8)14-11(13-9)5-2-6-11/h3-4,7,12H,2,5-6H2,1H3. The van der Waals surface area contributed by atoms with Gasteiger partial charge in [-0.3, -0.25) is 0 Å². The molecular weight excluding hydrogens is 178 g/mol. The van der Waals surface area contributed by atoms with Crippen LogP contribution in [0.5, 0.6) is 11.5 Å². The highest BCUT2D eigenvalue weighted by Gasteiger charge is 2.47. The Hall–Kier alpha value is -1.38. The summed E-state index contributed by atoms with van der Waals surface area (Å²) in [6, 6.07) is 5.95. The van der Waals surface area contributed by atoms with Crippen molar-refractivity contribution in [2.45, 2.75) is 25.0 Å². The molecule has 1 aromatic rings. The quantitative estimate of drug-likeness (QED) is 0.739. The summed E-state index contributed by atoms with van der Waals surface area (Å²) in [6.07, 6.45) is 3.22. The van der Waals surface area contributed by atoms with Gasteiger partial charge in [-0.1, -0.05) is 0 Å². The molecule has 3 rings (SSSR count). The molecule has 0 unspecified atom stereocenters. The Morgan fingerprint density at radius 3 is 2.64 bits per heavy atom. The lowest BCUT2D eigenvalue weighted by Gasteiger charge is -2.35. The van der Waals surface area contributed by atoms with Gasteiger partial charge in [0.25, 0.3) is 5.79 Å². The van der Waals surface area contributed by atoms with E-state index in [2.05, 4.69) is 5.32 Å². The zero-order chi connectivity index (χ0) is 9.60. The molecule has 2 aliphatic rings. The Kier molecular flexibility index (Phi) is 1.46. The second kappa shape index (κ2) is 2.56. The maximum Gasteiger partial charge on any atom is 0.251 e. The molecule has 74 valence electrons. The summed E-state index contributed by atoms with van der Waals surface area (Å²) < 4.78 is 11.6. The minimum atomic E-state index is -0.311. The summed E-state index contributed by atoms with van der Waals surface area (Å²) in [5.41, 5.74) is 1.06. The molecule has 1 saturated carbocycles. The van der Waals surface area contributed by atoms with Crippen molar-refractivity contribution < 1.29 is 9.47 Å². The third-order valence-corrected chi connectivity index (χ3v) is 2.94. The molecule has 1 aliphatic carbocycles. The van der Waals surface area contributed by atoms with Gasteiger partial charge < -0.3 is 14.8 Å². The zero-order valence-corrected chi connectivity index (χ0v) is 8.17. The Balaban J connectivity index is 1.94. The average Bonchev–Trinajstić information content (AvgIpc) is 2.55. The molecule has 1 spiro atoms. The molecule has 1 aromatic carbocycles. The van der Waals surface area contributed by atoms with Crippen molar-refractivity contribution in [1.82, 2.24) is 0 Å². The van der Waals surface area contributed by atoms with E-state index in [0.717, 1.165) is 30.0 Å². The van der Waals surface area contributed by atoms with Crippen LogP contribution in [0.1, 0.15) is 19.3 Å². The normalized spacial score (nSPS) is 20.6. The molecule has 1 fully saturated rings. The molecule has 3 heteroatoms. The van der Waals surface area contributed by atoms with Crippen molar-refractivity contribution >= 4 is 5.69 Å². The van der Waals surface area contributed by atoms with E-state index in [-0.39, 0.29) is 5.79 Å². The fraction of sp³-hybridized carbons (Fsp3) is 0.455. The molecule has 1 heterocycles. The number of fused-ring (bicyclic) bond motifs is 1. The number of rotatable bonds is 1. The molecule has 0 aromatic heterocycles. The molecular formula is C11H13NO2.